The molecule has 1 saturated heterocycles. The van der Waals surface area contributed by atoms with Crippen LogP contribution in [0.4, 0.5) is 20.6 Å². The van der Waals surface area contributed by atoms with Crippen LogP contribution < -0.4 is 16.4 Å². The minimum Gasteiger partial charge on any atom is -0.444 e. The highest BCUT2D eigenvalue weighted by molar-refractivity contribution is 6.02. The number of fused-ring (bicyclic) bond motifs is 1. The third-order valence-corrected chi connectivity index (χ3v) is 9.37. The number of carbonyl (C=O) groups excluding carboxylic acids is 5. The van der Waals surface area contributed by atoms with E-state index in [-0.39, 0.29) is 35.9 Å². The summed E-state index contributed by atoms with van der Waals surface area (Å²) in [6.07, 6.45) is 0.308. The standard InChI is InChI=1S/C39H46FN5O7/c1-23(44(5)38(50)52-39(2,3)4)35(47)43-33(25-16-18-51-19-17-25)37(49)45-22-27-8-6-7-9-29(27)34(45)36(48)42-31-21-26(12-15-30(31)40)32(46)20-24-10-13-28(41)14-11-24/h6-15,21,23,25,33-34H,16-20,22,41H2,1-5H3,(H,42,48)(H,43,47)/t23-,33-,34-/m0/s1. The van der Waals surface area contributed by atoms with Gasteiger partial charge in [0.25, 0.3) is 5.91 Å². The van der Waals surface area contributed by atoms with E-state index < -0.39 is 53.4 Å². The molecule has 3 aromatic rings. The average Bonchev–Trinajstić information content (AvgIpc) is 3.51. The van der Waals surface area contributed by atoms with Crippen molar-refractivity contribution in [2.24, 2.45) is 5.92 Å². The lowest BCUT2D eigenvalue weighted by Gasteiger charge is -2.36. The van der Waals surface area contributed by atoms with E-state index in [1.165, 1.54) is 31.0 Å². The highest BCUT2D eigenvalue weighted by Gasteiger charge is 2.44. The molecular formula is C39H46FN5O7. The number of nitrogens with one attached hydrogen (secondary N) is 2. The van der Waals surface area contributed by atoms with Gasteiger partial charge in [0.15, 0.2) is 5.78 Å². The van der Waals surface area contributed by atoms with Gasteiger partial charge in [0.1, 0.15) is 29.5 Å². The van der Waals surface area contributed by atoms with Crippen LogP contribution in [0.15, 0.2) is 66.7 Å². The second kappa shape index (κ2) is 15.9. The first-order valence-corrected chi connectivity index (χ1v) is 17.3. The number of hydrogen-bond donors (Lipinski definition) is 3. The molecule has 3 atom stereocenters. The third-order valence-electron chi connectivity index (χ3n) is 9.37. The molecule has 13 heteroatoms. The topological polar surface area (TPSA) is 160 Å². The van der Waals surface area contributed by atoms with Crippen molar-refractivity contribution in [3.63, 3.8) is 0 Å². The number of likely N-dealkylation sites (N-methyl/N-ethyl adjacent to an activating group) is 1. The predicted molar refractivity (Wildman–Crippen MR) is 193 cm³/mol. The largest absolute Gasteiger partial charge is 0.444 e. The molecule has 0 unspecified atom stereocenters. The predicted octanol–water partition coefficient (Wildman–Crippen LogP) is 5.02. The zero-order chi connectivity index (χ0) is 37.7. The Morgan fingerprint density at radius 1 is 1.02 bits per heavy atom. The number of ether oxygens (including phenoxy) is 2. The fourth-order valence-corrected chi connectivity index (χ4v) is 6.34. The van der Waals surface area contributed by atoms with E-state index in [2.05, 4.69) is 10.6 Å². The third kappa shape index (κ3) is 8.94. The molecule has 12 nitrogen and oxygen atoms in total. The number of halogens is 1. The SMILES string of the molecule is C[C@@H](C(=O)N[C@H](C(=O)N1Cc2ccccc2[C@H]1C(=O)Nc1cc(C(=O)Cc2ccc(N)cc2)ccc1F)C1CCOCC1)N(C)C(=O)OC(C)(C)C. The Bertz CT molecular complexity index is 1820. The number of hydrogen-bond acceptors (Lipinski definition) is 8. The van der Waals surface area contributed by atoms with Crippen LogP contribution in [0.1, 0.15) is 73.6 Å². The highest BCUT2D eigenvalue weighted by Crippen LogP contribution is 2.37. The maximum absolute atomic E-state index is 15.2. The maximum atomic E-state index is 15.2. The van der Waals surface area contributed by atoms with E-state index in [9.17, 15) is 24.0 Å². The smallest absolute Gasteiger partial charge is 0.410 e. The summed E-state index contributed by atoms with van der Waals surface area (Å²) >= 11 is 0. The molecule has 276 valence electrons. The summed E-state index contributed by atoms with van der Waals surface area (Å²) in [5.41, 5.74) is 7.52. The summed E-state index contributed by atoms with van der Waals surface area (Å²) in [5.74, 6) is -3.12. The van der Waals surface area contributed by atoms with Gasteiger partial charge in [-0.3, -0.25) is 24.1 Å². The van der Waals surface area contributed by atoms with Gasteiger partial charge in [-0.05, 0) is 93.5 Å². The molecule has 0 radical (unpaired) electrons. The van der Waals surface area contributed by atoms with Gasteiger partial charge in [-0.2, -0.15) is 0 Å². The molecule has 0 saturated carbocycles. The van der Waals surface area contributed by atoms with Crippen molar-refractivity contribution in [2.45, 2.75) is 77.2 Å². The minimum atomic E-state index is -1.17. The van der Waals surface area contributed by atoms with Crippen molar-refractivity contribution in [3.8, 4) is 0 Å². The lowest BCUT2D eigenvalue weighted by Crippen LogP contribution is -2.57. The normalized spacial score (nSPS) is 17.0. The Morgan fingerprint density at radius 2 is 1.69 bits per heavy atom. The maximum Gasteiger partial charge on any atom is 0.410 e. The van der Waals surface area contributed by atoms with Crippen molar-refractivity contribution >= 4 is 41.0 Å². The Kier molecular flexibility index (Phi) is 11.6. The number of nitrogens with zero attached hydrogens (tertiary/aromatic N) is 2. The van der Waals surface area contributed by atoms with E-state index in [0.29, 0.717) is 37.3 Å². The molecule has 1 fully saturated rings. The van der Waals surface area contributed by atoms with E-state index in [1.807, 2.05) is 0 Å². The number of benzene rings is 3. The first kappa shape index (κ1) is 37.9. The number of anilines is 2. The van der Waals surface area contributed by atoms with E-state index in [4.69, 9.17) is 15.2 Å². The summed E-state index contributed by atoms with van der Waals surface area (Å²) in [4.78, 5) is 70.8. The number of amides is 4. The van der Waals surface area contributed by atoms with Crippen LogP contribution in [0.3, 0.4) is 0 Å². The van der Waals surface area contributed by atoms with Gasteiger partial charge in [-0.15, -0.1) is 0 Å². The number of rotatable bonds is 10. The number of carbonyl (C=O) groups is 5. The molecule has 4 N–H and O–H groups in total. The van der Waals surface area contributed by atoms with Crippen LogP contribution >= 0.6 is 0 Å². The molecule has 0 aromatic heterocycles. The summed E-state index contributed by atoms with van der Waals surface area (Å²) in [6, 6.07) is 14.5. The number of nitrogens with two attached hydrogens (primary N) is 1. The Hall–Kier alpha value is -5.30. The van der Waals surface area contributed by atoms with Crippen molar-refractivity contribution in [3.05, 3.63) is 94.8 Å². The van der Waals surface area contributed by atoms with Crippen molar-refractivity contribution < 1.29 is 37.8 Å². The highest BCUT2D eigenvalue weighted by atomic mass is 19.1. The van der Waals surface area contributed by atoms with Crippen LogP contribution in [0, 0.1) is 11.7 Å². The molecule has 0 spiro atoms. The van der Waals surface area contributed by atoms with Gasteiger partial charge >= 0.3 is 6.09 Å². The number of nitrogen functional groups attached to an aromatic ring is 1. The Balaban J connectivity index is 1.39. The Morgan fingerprint density at radius 3 is 2.37 bits per heavy atom. The number of Topliss-reactive ketones (excluding diaryl/α,β-unsaturated/α-hetero) is 1. The van der Waals surface area contributed by atoms with Gasteiger partial charge in [0.05, 0.1) is 5.69 Å². The lowest BCUT2D eigenvalue weighted by molar-refractivity contribution is -0.144. The van der Waals surface area contributed by atoms with Gasteiger partial charge in [0.2, 0.25) is 11.8 Å². The fourth-order valence-electron chi connectivity index (χ4n) is 6.34. The quantitative estimate of drug-likeness (QED) is 0.195. The number of ketones is 1. The monoisotopic (exact) mass is 715 g/mol. The summed E-state index contributed by atoms with van der Waals surface area (Å²) in [6.45, 7) is 7.53. The van der Waals surface area contributed by atoms with Gasteiger partial charge < -0.3 is 30.7 Å². The molecule has 2 aliphatic heterocycles. The molecular weight excluding hydrogens is 669 g/mol. The molecule has 0 bridgehead atoms. The van der Waals surface area contributed by atoms with E-state index >= 15 is 4.39 Å². The summed E-state index contributed by atoms with van der Waals surface area (Å²) < 4.78 is 26.2. The molecule has 4 amide bonds. The van der Waals surface area contributed by atoms with E-state index in [0.717, 1.165) is 22.1 Å². The van der Waals surface area contributed by atoms with E-state index in [1.54, 1.807) is 69.3 Å². The second-order valence-corrected chi connectivity index (χ2v) is 14.3. The molecule has 2 aliphatic rings. The zero-order valence-electron chi connectivity index (χ0n) is 30.1. The summed E-state index contributed by atoms with van der Waals surface area (Å²) in [7, 11) is 1.45. The lowest BCUT2D eigenvalue weighted by atomic mass is 9.90. The van der Waals surface area contributed by atoms with Crippen molar-refractivity contribution in [2.75, 3.05) is 31.3 Å². The molecule has 3 aromatic carbocycles. The Labute approximate surface area is 302 Å². The average molecular weight is 716 g/mol. The van der Waals surface area contributed by atoms with Crippen LogP contribution in [0.25, 0.3) is 0 Å². The van der Waals surface area contributed by atoms with Crippen molar-refractivity contribution in [1.29, 1.82) is 0 Å². The van der Waals surface area contributed by atoms with Crippen molar-refractivity contribution in [1.82, 2.24) is 15.1 Å². The fraction of sp³-hybridized carbons (Fsp3) is 0.410. The first-order chi connectivity index (χ1) is 24.6. The zero-order valence-corrected chi connectivity index (χ0v) is 30.1. The van der Waals surface area contributed by atoms with Gasteiger partial charge in [-0.25, -0.2) is 9.18 Å². The molecule has 5 rings (SSSR count). The van der Waals surface area contributed by atoms with Crippen LogP contribution in [-0.2, 0) is 36.8 Å². The van der Waals surface area contributed by atoms with Crippen LogP contribution in [0.5, 0.6) is 0 Å². The van der Waals surface area contributed by atoms with Crippen LogP contribution in [-0.4, -0.2) is 77.3 Å². The van der Waals surface area contributed by atoms with Gasteiger partial charge in [0, 0.05) is 44.5 Å². The van der Waals surface area contributed by atoms with Crippen LogP contribution in [0.2, 0.25) is 0 Å². The minimum absolute atomic E-state index is 0.0447. The summed E-state index contributed by atoms with van der Waals surface area (Å²) in [5, 5.41) is 5.50. The second-order valence-electron chi connectivity index (χ2n) is 14.3. The van der Waals surface area contributed by atoms with Gasteiger partial charge in [-0.1, -0.05) is 36.4 Å². The molecule has 0 aliphatic carbocycles. The first-order valence-electron chi connectivity index (χ1n) is 17.3. The molecule has 52 heavy (non-hydrogen) atoms. The molecule has 2 heterocycles.